The predicted molar refractivity (Wildman–Crippen MR) is 105 cm³/mol. The molecule has 25 heavy (non-hydrogen) atoms. The molecule has 134 valence electrons. The molecule has 2 aromatic rings. The van der Waals surface area contributed by atoms with Crippen molar-refractivity contribution in [2.24, 2.45) is 0 Å². The molecule has 0 N–H and O–H groups in total. The normalized spacial score (nSPS) is 13.4. The van der Waals surface area contributed by atoms with Crippen LogP contribution in [0.1, 0.15) is 63.8 Å². The average molecular weight is 338 g/mol. The molecule has 0 spiro atoms. The molecule has 0 saturated heterocycles. The fraction of sp³-hybridized carbons (Fsp3) is 0.478. The number of ether oxygens (including phenoxy) is 2. The Morgan fingerprint density at radius 3 is 1.28 bits per heavy atom. The fourth-order valence-electron chi connectivity index (χ4n) is 3.75. The van der Waals surface area contributed by atoms with Crippen molar-refractivity contribution < 1.29 is 9.47 Å². The summed E-state index contributed by atoms with van der Waals surface area (Å²) < 4.78 is 11.4. The van der Waals surface area contributed by atoms with E-state index >= 15 is 0 Å². The molecule has 3 rings (SSSR count). The van der Waals surface area contributed by atoms with Gasteiger partial charge in [-0.3, -0.25) is 0 Å². The fourth-order valence-corrected chi connectivity index (χ4v) is 3.75. The minimum absolute atomic E-state index is 0.0441. The Morgan fingerprint density at radius 1 is 0.640 bits per heavy atom. The Morgan fingerprint density at radius 2 is 1.00 bits per heavy atom. The van der Waals surface area contributed by atoms with E-state index in [1.165, 1.54) is 33.4 Å². The van der Waals surface area contributed by atoms with Gasteiger partial charge in [-0.05, 0) is 63.8 Å². The van der Waals surface area contributed by atoms with Gasteiger partial charge >= 0.3 is 0 Å². The number of benzene rings is 2. The van der Waals surface area contributed by atoms with Crippen LogP contribution in [0.15, 0.2) is 24.3 Å². The smallest absolute Gasteiger partial charge is 0.122 e. The molecular weight excluding hydrogens is 308 g/mol. The molecule has 0 fully saturated rings. The first-order valence-electron chi connectivity index (χ1n) is 8.99. The van der Waals surface area contributed by atoms with E-state index in [4.69, 9.17) is 9.47 Å². The molecule has 0 atom stereocenters. The summed E-state index contributed by atoms with van der Waals surface area (Å²) in [6.45, 7) is 13.4. The Balaban J connectivity index is 2.24. The van der Waals surface area contributed by atoms with Crippen molar-refractivity contribution >= 4 is 0 Å². The second-order valence-corrected chi connectivity index (χ2v) is 9.10. The zero-order valence-corrected chi connectivity index (χ0v) is 16.8. The van der Waals surface area contributed by atoms with E-state index < -0.39 is 0 Å². The molecule has 2 aromatic carbocycles. The maximum atomic E-state index is 5.69. The summed E-state index contributed by atoms with van der Waals surface area (Å²) in [4.78, 5) is 0. The first-order valence-corrected chi connectivity index (χ1v) is 8.99. The van der Waals surface area contributed by atoms with Gasteiger partial charge in [0.2, 0.25) is 0 Å². The number of rotatable bonds is 2. The molecule has 2 nitrogen and oxygen atoms in total. The lowest BCUT2D eigenvalue weighted by molar-refractivity contribution is 0.397. The molecule has 2 heteroatoms. The highest BCUT2D eigenvalue weighted by Gasteiger charge is 2.29. The summed E-state index contributed by atoms with van der Waals surface area (Å²) in [5.74, 6) is 1.98. The number of hydrogen-bond donors (Lipinski definition) is 0. The Kier molecular flexibility index (Phi) is 4.14. The molecule has 0 aromatic heterocycles. The van der Waals surface area contributed by atoms with E-state index in [2.05, 4.69) is 65.8 Å². The summed E-state index contributed by atoms with van der Waals surface area (Å²) in [6, 6.07) is 9.11. The van der Waals surface area contributed by atoms with Gasteiger partial charge in [0.25, 0.3) is 0 Å². The van der Waals surface area contributed by atoms with Gasteiger partial charge in [-0.1, -0.05) is 41.5 Å². The predicted octanol–water partition coefficient (Wildman–Crippen LogP) is 5.87. The van der Waals surface area contributed by atoms with Crippen molar-refractivity contribution in [2.75, 3.05) is 14.2 Å². The summed E-state index contributed by atoms with van der Waals surface area (Å²) in [5, 5.41) is 0. The lowest BCUT2D eigenvalue weighted by Crippen LogP contribution is -2.14. The van der Waals surface area contributed by atoms with Crippen LogP contribution in [0.25, 0.3) is 11.1 Å². The van der Waals surface area contributed by atoms with E-state index in [1.807, 2.05) is 0 Å². The molecule has 0 aliphatic heterocycles. The van der Waals surface area contributed by atoms with Crippen LogP contribution in [-0.2, 0) is 17.3 Å². The van der Waals surface area contributed by atoms with E-state index in [0.717, 1.165) is 17.9 Å². The number of hydrogen-bond acceptors (Lipinski definition) is 2. The van der Waals surface area contributed by atoms with Gasteiger partial charge in [0.1, 0.15) is 11.5 Å². The zero-order chi connectivity index (χ0) is 18.6. The topological polar surface area (TPSA) is 18.5 Å². The van der Waals surface area contributed by atoms with Crippen molar-refractivity contribution in [1.29, 1.82) is 0 Å². The minimum Gasteiger partial charge on any atom is -0.496 e. The zero-order valence-electron chi connectivity index (χ0n) is 16.8. The first-order chi connectivity index (χ1) is 11.6. The van der Waals surface area contributed by atoms with Gasteiger partial charge in [0.05, 0.1) is 14.2 Å². The molecule has 0 bridgehead atoms. The van der Waals surface area contributed by atoms with Gasteiger partial charge in [-0.2, -0.15) is 0 Å². The Bertz CT molecular complexity index is 748. The van der Waals surface area contributed by atoms with E-state index in [9.17, 15) is 0 Å². The molecule has 1 aliphatic carbocycles. The maximum absolute atomic E-state index is 5.69. The van der Waals surface area contributed by atoms with Crippen LogP contribution in [-0.4, -0.2) is 14.2 Å². The van der Waals surface area contributed by atoms with Crippen LogP contribution in [0.3, 0.4) is 0 Å². The van der Waals surface area contributed by atoms with Crippen molar-refractivity contribution in [3.63, 3.8) is 0 Å². The van der Waals surface area contributed by atoms with Gasteiger partial charge in [0.15, 0.2) is 0 Å². The second-order valence-electron chi connectivity index (χ2n) is 9.10. The average Bonchev–Trinajstić information content (AvgIpc) is 2.87. The van der Waals surface area contributed by atoms with Crippen LogP contribution >= 0.6 is 0 Å². The van der Waals surface area contributed by atoms with Gasteiger partial charge in [-0.15, -0.1) is 0 Å². The second kappa shape index (κ2) is 5.79. The SMILES string of the molecule is COc1cc2c(cc1C(C)(C)C)-c1cc(C(C)(C)C)c(OC)cc1C2. The van der Waals surface area contributed by atoms with E-state index in [-0.39, 0.29) is 10.8 Å². The largest absolute Gasteiger partial charge is 0.496 e. The van der Waals surface area contributed by atoms with Crippen LogP contribution in [0.5, 0.6) is 11.5 Å². The quantitative estimate of drug-likeness (QED) is 0.582. The molecule has 0 radical (unpaired) electrons. The Hall–Kier alpha value is -1.96. The molecule has 0 heterocycles. The lowest BCUT2D eigenvalue weighted by atomic mass is 9.82. The highest BCUT2D eigenvalue weighted by Crippen LogP contribution is 2.46. The van der Waals surface area contributed by atoms with Gasteiger partial charge < -0.3 is 9.47 Å². The molecule has 1 aliphatic rings. The summed E-state index contributed by atoms with van der Waals surface area (Å²) in [5.41, 5.74) is 7.97. The molecule has 0 unspecified atom stereocenters. The van der Waals surface area contributed by atoms with Crippen molar-refractivity contribution in [1.82, 2.24) is 0 Å². The summed E-state index contributed by atoms with van der Waals surface area (Å²) >= 11 is 0. The molecule has 0 saturated carbocycles. The summed E-state index contributed by atoms with van der Waals surface area (Å²) in [6.07, 6.45) is 0.937. The monoisotopic (exact) mass is 338 g/mol. The van der Waals surface area contributed by atoms with Crippen LogP contribution in [0.2, 0.25) is 0 Å². The lowest BCUT2D eigenvalue weighted by Gasteiger charge is -2.24. The highest BCUT2D eigenvalue weighted by atomic mass is 16.5. The standard InChI is InChI=1S/C23H30O2/c1-22(2,3)18-12-16-14(10-20(18)24-7)9-15-11-21(25-8)19(13-17(15)16)23(4,5)6/h10-13H,9H2,1-8H3. The van der Waals surface area contributed by atoms with Crippen molar-refractivity contribution in [3.8, 4) is 22.6 Å². The minimum atomic E-state index is 0.0441. The van der Waals surface area contributed by atoms with Gasteiger partial charge in [0, 0.05) is 11.1 Å². The maximum Gasteiger partial charge on any atom is 0.122 e. The summed E-state index contributed by atoms with van der Waals surface area (Å²) in [7, 11) is 3.53. The first kappa shape index (κ1) is 17.8. The van der Waals surface area contributed by atoms with Crippen molar-refractivity contribution in [3.05, 3.63) is 46.5 Å². The third-order valence-corrected chi connectivity index (χ3v) is 5.14. The molecular formula is C23H30O2. The van der Waals surface area contributed by atoms with Gasteiger partial charge in [-0.25, -0.2) is 0 Å². The van der Waals surface area contributed by atoms with Crippen LogP contribution in [0.4, 0.5) is 0 Å². The third-order valence-electron chi connectivity index (χ3n) is 5.14. The van der Waals surface area contributed by atoms with E-state index in [0.29, 0.717) is 0 Å². The number of fused-ring (bicyclic) bond motifs is 3. The van der Waals surface area contributed by atoms with Crippen LogP contribution < -0.4 is 9.47 Å². The van der Waals surface area contributed by atoms with Crippen molar-refractivity contribution in [2.45, 2.75) is 58.8 Å². The van der Waals surface area contributed by atoms with E-state index in [1.54, 1.807) is 14.2 Å². The number of methoxy groups -OCH3 is 2. The van der Waals surface area contributed by atoms with Crippen LogP contribution in [0, 0.1) is 0 Å². The third kappa shape index (κ3) is 3.03. The highest BCUT2D eigenvalue weighted by molar-refractivity contribution is 5.80. The molecule has 0 amide bonds. The Labute approximate surface area is 152 Å².